The quantitative estimate of drug-likeness (QED) is 0.325. The Labute approximate surface area is 170 Å². The molecule has 7 nitrogen and oxygen atoms in total. The van der Waals surface area contributed by atoms with E-state index < -0.39 is 36.0 Å². The van der Waals surface area contributed by atoms with Crippen LogP contribution in [0.3, 0.4) is 0 Å². The Kier molecular flexibility index (Phi) is 7.96. The largest absolute Gasteiger partial charge is 0.462 e. The van der Waals surface area contributed by atoms with Gasteiger partial charge in [-0.15, -0.1) is 0 Å². The van der Waals surface area contributed by atoms with E-state index >= 15 is 0 Å². The number of allylic oxidation sites excluding steroid dienone is 1. The van der Waals surface area contributed by atoms with Crippen LogP contribution in [0.25, 0.3) is 0 Å². The number of rotatable bonds is 5. The highest BCUT2D eigenvalue weighted by Gasteiger charge is 2.44. The first-order valence-electron chi connectivity index (χ1n) is 9.59. The minimum atomic E-state index is -0.658. The van der Waals surface area contributed by atoms with Gasteiger partial charge in [-0.25, -0.2) is 9.59 Å². The summed E-state index contributed by atoms with van der Waals surface area (Å²) >= 11 is 0. The van der Waals surface area contributed by atoms with Crippen molar-refractivity contribution < 1.29 is 33.7 Å². The third-order valence-electron chi connectivity index (χ3n) is 5.00. The average molecular weight is 404 g/mol. The second kappa shape index (κ2) is 10.2. The summed E-state index contributed by atoms with van der Waals surface area (Å²) in [5.41, 5.74) is 2.31. The molecule has 1 N–H and O–H groups in total. The second-order valence-corrected chi connectivity index (χ2v) is 7.33. The lowest BCUT2D eigenvalue weighted by Crippen LogP contribution is -2.33. The molecule has 0 radical (unpaired) electrons. The molecule has 1 saturated heterocycles. The summed E-state index contributed by atoms with van der Waals surface area (Å²) in [6, 6.07) is 0. The first kappa shape index (κ1) is 22.6. The van der Waals surface area contributed by atoms with Crippen molar-refractivity contribution in [3.8, 4) is 0 Å². The molecule has 0 saturated carbocycles. The van der Waals surface area contributed by atoms with Crippen LogP contribution < -0.4 is 0 Å². The molecule has 1 aliphatic carbocycles. The highest BCUT2D eigenvalue weighted by molar-refractivity contribution is 5.92. The van der Waals surface area contributed by atoms with E-state index in [0.29, 0.717) is 18.4 Å². The Morgan fingerprint density at radius 3 is 2.76 bits per heavy atom. The standard InChI is InChI=1S/C22H28O7/c1-13-6-5-7-17(12-23)11-19-20(15(3)22(26)29-19)18(10-13)28-21(25)14(2)8-9-27-16(4)24/h6,8,11,18-20,23H,3,5,7,9-10,12H2,1-2,4H3. The number of hydrogen-bond donors (Lipinski definition) is 1. The van der Waals surface area contributed by atoms with Crippen molar-refractivity contribution >= 4 is 17.9 Å². The minimum Gasteiger partial charge on any atom is -0.462 e. The molecule has 0 aromatic carbocycles. The van der Waals surface area contributed by atoms with Gasteiger partial charge in [0.15, 0.2) is 0 Å². The zero-order valence-electron chi connectivity index (χ0n) is 17.1. The first-order valence-corrected chi connectivity index (χ1v) is 9.59. The van der Waals surface area contributed by atoms with E-state index in [1.807, 2.05) is 13.0 Å². The molecule has 0 spiro atoms. The van der Waals surface area contributed by atoms with Crippen LogP contribution in [0, 0.1) is 5.92 Å². The molecule has 0 bridgehead atoms. The van der Waals surface area contributed by atoms with Crippen molar-refractivity contribution in [1.29, 1.82) is 0 Å². The molecule has 0 aromatic rings. The van der Waals surface area contributed by atoms with Crippen LogP contribution >= 0.6 is 0 Å². The lowest BCUT2D eigenvalue weighted by atomic mass is 9.85. The lowest BCUT2D eigenvalue weighted by Gasteiger charge is -2.27. The van der Waals surface area contributed by atoms with Gasteiger partial charge in [0.1, 0.15) is 18.8 Å². The van der Waals surface area contributed by atoms with E-state index in [4.69, 9.17) is 14.2 Å². The molecular weight excluding hydrogens is 376 g/mol. The molecule has 1 aliphatic heterocycles. The summed E-state index contributed by atoms with van der Waals surface area (Å²) in [6.45, 7) is 8.47. The van der Waals surface area contributed by atoms with Crippen LogP contribution in [0.2, 0.25) is 0 Å². The molecule has 7 heteroatoms. The molecule has 2 rings (SSSR count). The summed E-state index contributed by atoms with van der Waals surface area (Å²) < 4.78 is 16.0. The van der Waals surface area contributed by atoms with E-state index in [1.165, 1.54) is 13.0 Å². The van der Waals surface area contributed by atoms with Crippen LogP contribution in [0.5, 0.6) is 0 Å². The number of esters is 3. The van der Waals surface area contributed by atoms with Gasteiger partial charge in [0.25, 0.3) is 0 Å². The van der Waals surface area contributed by atoms with Crippen molar-refractivity contribution in [2.75, 3.05) is 13.2 Å². The number of aliphatic hydroxyl groups excluding tert-OH is 1. The van der Waals surface area contributed by atoms with E-state index in [1.54, 1.807) is 13.0 Å². The summed E-state index contributed by atoms with van der Waals surface area (Å²) in [5.74, 6) is -2.08. The molecular formula is C22H28O7. The molecule has 0 amide bonds. The molecule has 1 fully saturated rings. The topological polar surface area (TPSA) is 99.1 Å². The van der Waals surface area contributed by atoms with E-state index in [9.17, 15) is 19.5 Å². The van der Waals surface area contributed by atoms with Crippen molar-refractivity contribution in [1.82, 2.24) is 0 Å². The predicted octanol–water partition coefficient (Wildman–Crippen LogP) is 2.55. The van der Waals surface area contributed by atoms with Gasteiger partial charge in [0, 0.05) is 24.5 Å². The highest BCUT2D eigenvalue weighted by atomic mass is 16.6. The van der Waals surface area contributed by atoms with Crippen LogP contribution in [0.4, 0.5) is 0 Å². The Morgan fingerprint density at radius 2 is 2.10 bits per heavy atom. The van der Waals surface area contributed by atoms with Crippen LogP contribution in [-0.4, -0.2) is 48.4 Å². The normalized spacial score (nSPS) is 25.4. The van der Waals surface area contributed by atoms with Gasteiger partial charge in [0.05, 0.1) is 12.5 Å². The smallest absolute Gasteiger partial charge is 0.334 e. The van der Waals surface area contributed by atoms with Gasteiger partial charge in [-0.3, -0.25) is 4.79 Å². The van der Waals surface area contributed by atoms with Gasteiger partial charge in [-0.05, 0) is 44.4 Å². The zero-order chi connectivity index (χ0) is 21.6. The number of fused-ring (bicyclic) bond motifs is 1. The van der Waals surface area contributed by atoms with E-state index in [2.05, 4.69) is 6.58 Å². The molecule has 29 heavy (non-hydrogen) atoms. The fourth-order valence-corrected chi connectivity index (χ4v) is 3.37. The zero-order valence-corrected chi connectivity index (χ0v) is 17.1. The Balaban J connectivity index is 2.28. The van der Waals surface area contributed by atoms with E-state index in [0.717, 1.165) is 17.6 Å². The van der Waals surface area contributed by atoms with Crippen LogP contribution in [0.1, 0.15) is 40.0 Å². The van der Waals surface area contributed by atoms with Gasteiger partial charge >= 0.3 is 17.9 Å². The van der Waals surface area contributed by atoms with Crippen molar-refractivity contribution in [3.05, 3.63) is 47.1 Å². The van der Waals surface area contributed by atoms with Crippen LogP contribution in [-0.2, 0) is 28.6 Å². The summed E-state index contributed by atoms with van der Waals surface area (Å²) in [5, 5.41) is 9.61. The lowest BCUT2D eigenvalue weighted by molar-refractivity contribution is -0.147. The second-order valence-electron chi connectivity index (χ2n) is 7.33. The third-order valence-corrected chi connectivity index (χ3v) is 5.00. The van der Waals surface area contributed by atoms with E-state index in [-0.39, 0.29) is 18.8 Å². The number of aliphatic hydroxyl groups is 1. The van der Waals surface area contributed by atoms with Gasteiger partial charge in [0.2, 0.25) is 0 Å². The summed E-state index contributed by atoms with van der Waals surface area (Å²) in [7, 11) is 0. The minimum absolute atomic E-state index is 0.0250. The molecule has 158 valence electrons. The Hall–Kier alpha value is -2.67. The number of carbonyl (C=O) groups excluding carboxylic acids is 3. The maximum absolute atomic E-state index is 12.6. The van der Waals surface area contributed by atoms with Crippen molar-refractivity contribution in [2.24, 2.45) is 5.92 Å². The molecule has 3 unspecified atom stereocenters. The van der Waals surface area contributed by atoms with Crippen molar-refractivity contribution in [2.45, 2.75) is 52.2 Å². The molecule has 0 aromatic heterocycles. The number of ether oxygens (including phenoxy) is 3. The van der Waals surface area contributed by atoms with Crippen molar-refractivity contribution in [3.63, 3.8) is 0 Å². The highest BCUT2D eigenvalue weighted by Crippen LogP contribution is 2.36. The van der Waals surface area contributed by atoms with Gasteiger partial charge < -0.3 is 19.3 Å². The first-order chi connectivity index (χ1) is 13.7. The Morgan fingerprint density at radius 1 is 1.38 bits per heavy atom. The molecule has 3 atom stereocenters. The number of carbonyl (C=O) groups is 3. The fraction of sp³-hybridized carbons (Fsp3) is 0.500. The number of hydrogen-bond acceptors (Lipinski definition) is 7. The monoisotopic (exact) mass is 404 g/mol. The van der Waals surface area contributed by atoms with Gasteiger partial charge in [-0.2, -0.15) is 0 Å². The predicted molar refractivity (Wildman–Crippen MR) is 106 cm³/mol. The maximum Gasteiger partial charge on any atom is 0.334 e. The summed E-state index contributed by atoms with van der Waals surface area (Å²) in [6.07, 6.45) is 5.76. The molecule has 2 aliphatic rings. The average Bonchev–Trinajstić information content (AvgIpc) is 2.93. The third kappa shape index (κ3) is 6.15. The Bertz CT molecular complexity index is 772. The molecule has 1 heterocycles. The SMILES string of the molecule is C=C1C(=O)OC2C=C(CO)CCC=C(C)CC(OC(=O)C(C)=CCOC(C)=O)C12. The summed E-state index contributed by atoms with van der Waals surface area (Å²) in [4.78, 5) is 35.6. The fourth-order valence-electron chi connectivity index (χ4n) is 3.37. The van der Waals surface area contributed by atoms with Gasteiger partial charge in [-0.1, -0.05) is 18.2 Å². The van der Waals surface area contributed by atoms with Crippen LogP contribution in [0.15, 0.2) is 47.1 Å². The maximum atomic E-state index is 12.6.